The molecular formula is C23H20BrCl2N3O3S. The van der Waals surface area contributed by atoms with E-state index in [1.54, 1.807) is 30.3 Å². The highest BCUT2D eigenvalue weighted by Gasteiger charge is 2.26. The first-order valence-corrected chi connectivity index (χ1v) is 12.8. The maximum Gasteiger partial charge on any atom is 0.255 e. The largest absolute Gasteiger partial charge is 0.272 e. The van der Waals surface area contributed by atoms with Crippen LogP contribution in [0.15, 0.2) is 87.3 Å². The summed E-state index contributed by atoms with van der Waals surface area (Å²) in [4.78, 5) is 12.6. The summed E-state index contributed by atoms with van der Waals surface area (Å²) in [7, 11) is -3.92. The quantitative estimate of drug-likeness (QED) is 0.287. The predicted molar refractivity (Wildman–Crippen MR) is 135 cm³/mol. The minimum absolute atomic E-state index is 0.0953. The van der Waals surface area contributed by atoms with Gasteiger partial charge in [0.15, 0.2) is 0 Å². The summed E-state index contributed by atoms with van der Waals surface area (Å²) in [5, 5.41) is 4.64. The summed E-state index contributed by atoms with van der Waals surface area (Å²) in [6, 6.07) is 20.7. The van der Waals surface area contributed by atoms with E-state index in [9.17, 15) is 13.2 Å². The van der Waals surface area contributed by atoms with Gasteiger partial charge < -0.3 is 0 Å². The van der Waals surface area contributed by atoms with E-state index in [2.05, 4.69) is 26.5 Å². The molecule has 172 valence electrons. The lowest BCUT2D eigenvalue weighted by Crippen LogP contribution is -2.40. The zero-order chi connectivity index (χ0) is 23.8. The number of halogens is 3. The van der Waals surface area contributed by atoms with Gasteiger partial charge in [0.05, 0.1) is 27.7 Å². The molecular weight excluding hydrogens is 549 g/mol. The highest BCUT2D eigenvalue weighted by Crippen LogP contribution is 2.22. The molecule has 0 aliphatic rings. The summed E-state index contributed by atoms with van der Waals surface area (Å²) in [6.45, 7) is -0.283. The van der Waals surface area contributed by atoms with Gasteiger partial charge in [-0.15, -0.1) is 0 Å². The zero-order valence-electron chi connectivity index (χ0n) is 17.3. The Morgan fingerprint density at radius 3 is 2.24 bits per heavy atom. The van der Waals surface area contributed by atoms with Crippen LogP contribution in [0.3, 0.4) is 0 Å². The molecule has 0 atom stereocenters. The highest BCUT2D eigenvalue weighted by molar-refractivity contribution is 9.10. The lowest BCUT2D eigenvalue weighted by atomic mass is 10.1. The molecule has 0 saturated heterocycles. The Bertz CT molecular complexity index is 1220. The molecule has 0 aliphatic carbocycles. The van der Waals surface area contributed by atoms with Crippen LogP contribution >= 0.6 is 39.1 Å². The van der Waals surface area contributed by atoms with E-state index in [1.807, 2.05) is 30.3 Å². The standard InChI is InChI=1S/C23H20BrCl2N3O3S/c24-18-9-11-19(12-10-18)33(31,32)29(14-13-17-5-2-1-3-6-17)16-23(30)28-27-15-20-21(25)7-4-8-22(20)26/h1-12,15H,13-14,16H2,(H,28,30). The molecule has 0 saturated carbocycles. The van der Waals surface area contributed by atoms with E-state index in [1.165, 1.54) is 18.3 Å². The number of sulfonamides is 1. The highest BCUT2D eigenvalue weighted by atomic mass is 79.9. The average molecular weight is 569 g/mol. The van der Waals surface area contributed by atoms with Gasteiger partial charge in [0, 0.05) is 16.6 Å². The van der Waals surface area contributed by atoms with Crippen molar-refractivity contribution in [2.24, 2.45) is 5.10 Å². The second kappa shape index (κ2) is 11.8. The summed E-state index contributed by atoms with van der Waals surface area (Å²) in [5.41, 5.74) is 3.75. The van der Waals surface area contributed by atoms with Crippen LogP contribution in [0.4, 0.5) is 0 Å². The molecule has 0 spiro atoms. The van der Waals surface area contributed by atoms with Crippen molar-refractivity contribution in [2.75, 3.05) is 13.1 Å². The van der Waals surface area contributed by atoms with Gasteiger partial charge in [0.25, 0.3) is 5.91 Å². The maximum atomic E-state index is 13.2. The van der Waals surface area contributed by atoms with Crippen molar-refractivity contribution in [3.05, 3.63) is 98.4 Å². The zero-order valence-corrected chi connectivity index (χ0v) is 21.2. The fraction of sp³-hybridized carbons (Fsp3) is 0.130. The van der Waals surface area contributed by atoms with Crippen molar-refractivity contribution in [1.29, 1.82) is 0 Å². The van der Waals surface area contributed by atoms with Crippen LogP contribution in [0.25, 0.3) is 0 Å². The first-order chi connectivity index (χ1) is 15.8. The second-order valence-electron chi connectivity index (χ2n) is 6.96. The molecule has 0 bridgehead atoms. The molecule has 0 aromatic heterocycles. The number of nitrogens with one attached hydrogen (secondary N) is 1. The van der Waals surface area contributed by atoms with Crippen molar-refractivity contribution in [1.82, 2.24) is 9.73 Å². The fourth-order valence-electron chi connectivity index (χ4n) is 2.94. The molecule has 0 unspecified atom stereocenters. The molecule has 0 heterocycles. The first-order valence-electron chi connectivity index (χ1n) is 9.83. The Morgan fingerprint density at radius 1 is 0.970 bits per heavy atom. The molecule has 3 aromatic carbocycles. The van der Waals surface area contributed by atoms with Crippen molar-refractivity contribution < 1.29 is 13.2 Å². The number of nitrogens with zero attached hydrogens (tertiary/aromatic N) is 2. The van der Waals surface area contributed by atoms with Crippen LogP contribution in [0.5, 0.6) is 0 Å². The fourth-order valence-corrected chi connectivity index (χ4v) is 5.09. The SMILES string of the molecule is O=C(CN(CCc1ccccc1)S(=O)(=O)c1ccc(Br)cc1)NN=Cc1c(Cl)cccc1Cl. The van der Waals surface area contributed by atoms with Gasteiger partial charge in [0.2, 0.25) is 10.0 Å². The summed E-state index contributed by atoms with van der Waals surface area (Å²) < 4.78 is 28.4. The molecule has 1 N–H and O–H groups in total. The van der Waals surface area contributed by atoms with E-state index in [0.29, 0.717) is 22.0 Å². The molecule has 33 heavy (non-hydrogen) atoms. The van der Waals surface area contributed by atoms with Gasteiger partial charge in [0.1, 0.15) is 0 Å². The van der Waals surface area contributed by atoms with E-state index in [-0.39, 0.29) is 11.4 Å². The minimum Gasteiger partial charge on any atom is -0.272 e. The number of hydrazone groups is 1. The molecule has 6 nitrogen and oxygen atoms in total. The van der Waals surface area contributed by atoms with Crippen LogP contribution in [0, 0.1) is 0 Å². The first kappa shape index (κ1) is 25.4. The van der Waals surface area contributed by atoms with Crippen molar-refractivity contribution in [2.45, 2.75) is 11.3 Å². The second-order valence-corrected chi connectivity index (χ2v) is 10.6. The molecule has 10 heteroatoms. The van der Waals surface area contributed by atoms with Crippen LogP contribution < -0.4 is 5.43 Å². The van der Waals surface area contributed by atoms with E-state index >= 15 is 0 Å². The van der Waals surface area contributed by atoms with Crippen molar-refractivity contribution in [3.8, 4) is 0 Å². The van der Waals surface area contributed by atoms with Crippen molar-refractivity contribution >= 4 is 61.3 Å². The summed E-state index contributed by atoms with van der Waals surface area (Å²) >= 11 is 15.5. The lowest BCUT2D eigenvalue weighted by molar-refractivity contribution is -0.121. The average Bonchev–Trinajstić information content (AvgIpc) is 2.79. The number of hydrogen-bond acceptors (Lipinski definition) is 4. The maximum absolute atomic E-state index is 13.2. The monoisotopic (exact) mass is 567 g/mol. The smallest absolute Gasteiger partial charge is 0.255 e. The van der Waals surface area contributed by atoms with Gasteiger partial charge in [-0.3, -0.25) is 4.79 Å². The third-order valence-electron chi connectivity index (χ3n) is 4.65. The summed E-state index contributed by atoms with van der Waals surface area (Å²) in [5.74, 6) is -0.594. The number of carbonyl (C=O) groups is 1. The number of amides is 1. The molecule has 0 aliphatic heterocycles. The topological polar surface area (TPSA) is 78.8 Å². The third-order valence-corrected chi connectivity index (χ3v) is 7.69. The van der Waals surface area contributed by atoms with E-state index in [0.717, 1.165) is 14.3 Å². The van der Waals surface area contributed by atoms with Crippen LogP contribution in [0.1, 0.15) is 11.1 Å². The molecule has 0 radical (unpaired) electrons. The number of carbonyl (C=O) groups excluding carboxylic acids is 1. The minimum atomic E-state index is -3.92. The number of benzene rings is 3. The van der Waals surface area contributed by atoms with Gasteiger partial charge in [-0.2, -0.15) is 9.41 Å². The molecule has 3 aromatic rings. The lowest BCUT2D eigenvalue weighted by Gasteiger charge is -2.21. The van der Waals surface area contributed by atoms with E-state index < -0.39 is 22.5 Å². The van der Waals surface area contributed by atoms with E-state index in [4.69, 9.17) is 23.2 Å². The Kier molecular flexibility index (Phi) is 9.05. The molecule has 1 amide bonds. The van der Waals surface area contributed by atoms with Gasteiger partial charge in [-0.1, -0.05) is 75.5 Å². The normalized spacial score (nSPS) is 11.8. The van der Waals surface area contributed by atoms with Crippen LogP contribution in [-0.2, 0) is 21.2 Å². The third kappa shape index (κ3) is 7.12. The van der Waals surface area contributed by atoms with Gasteiger partial charge in [-0.25, -0.2) is 13.8 Å². The van der Waals surface area contributed by atoms with Gasteiger partial charge in [-0.05, 0) is 48.4 Å². The molecule has 0 fully saturated rings. The Labute approximate surface area is 211 Å². The summed E-state index contributed by atoms with van der Waals surface area (Å²) in [6.07, 6.45) is 1.77. The van der Waals surface area contributed by atoms with Crippen LogP contribution in [-0.4, -0.2) is 37.9 Å². The number of hydrogen-bond donors (Lipinski definition) is 1. The van der Waals surface area contributed by atoms with Crippen molar-refractivity contribution in [3.63, 3.8) is 0 Å². The number of rotatable bonds is 9. The Hall–Kier alpha value is -2.23. The predicted octanol–water partition coefficient (Wildman–Crippen LogP) is 5.14. The van der Waals surface area contributed by atoms with Crippen LogP contribution in [0.2, 0.25) is 10.0 Å². The van der Waals surface area contributed by atoms with Gasteiger partial charge >= 0.3 is 0 Å². The Balaban J connectivity index is 1.76. The Morgan fingerprint density at radius 2 is 1.61 bits per heavy atom. The molecule has 3 rings (SSSR count).